The van der Waals surface area contributed by atoms with E-state index in [4.69, 9.17) is 15.2 Å². The molecule has 1 saturated heterocycles. The first-order valence-electron chi connectivity index (χ1n) is 6.59. The Morgan fingerprint density at radius 3 is 2.22 bits per heavy atom. The number of rotatable bonds is 1. The fourth-order valence-corrected chi connectivity index (χ4v) is 2.71. The van der Waals surface area contributed by atoms with Gasteiger partial charge in [0.1, 0.15) is 0 Å². The molecular weight excluding hydrogens is 226 g/mol. The van der Waals surface area contributed by atoms with Crippen molar-refractivity contribution in [3.05, 3.63) is 35.4 Å². The summed E-state index contributed by atoms with van der Waals surface area (Å²) in [5, 5.41) is 0. The van der Waals surface area contributed by atoms with Gasteiger partial charge in [0.15, 0.2) is 5.79 Å². The van der Waals surface area contributed by atoms with Crippen molar-refractivity contribution in [1.82, 2.24) is 0 Å². The Balaban J connectivity index is 1.67. The second-order valence-electron chi connectivity index (χ2n) is 5.08. The molecule has 1 heterocycles. The molecule has 1 aromatic rings. The lowest BCUT2D eigenvalue weighted by molar-refractivity contribution is -0.171. The number of anilines is 1. The number of hydrogen-bond acceptors (Lipinski definition) is 3. The predicted molar refractivity (Wildman–Crippen MR) is 71.9 cm³/mol. The molecule has 1 aromatic carbocycles. The lowest BCUT2D eigenvalue weighted by atomic mass is 9.88. The molecule has 1 aliphatic carbocycles. The smallest absolute Gasteiger partial charge is 0.169 e. The Morgan fingerprint density at radius 1 is 1.00 bits per heavy atom. The first-order chi connectivity index (χ1) is 8.76. The van der Waals surface area contributed by atoms with Gasteiger partial charge >= 0.3 is 0 Å². The Labute approximate surface area is 108 Å². The van der Waals surface area contributed by atoms with Crippen molar-refractivity contribution >= 4 is 11.8 Å². The molecule has 0 bridgehead atoms. The Morgan fingerprint density at radius 2 is 1.61 bits per heavy atom. The van der Waals surface area contributed by atoms with Crippen LogP contribution in [0.1, 0.15) is 31.2 Å². The normalized spacial score (nSPS) is 22.3. The molecular formula is C15H19NO2. The van der Waals surface area contributed by atoms with Crippen molar-refractivity contribution in [2.75, 3.05) is 18.9 Å². The zero-order valence-electron chi connectivity index (χ0n) is 10.5. The van der Waals surface area contributed by atoms with Crippen molar-refractivity contribution in [2.24, 2.45) is 0 Å². The topological polar surface area (TPSA) is 44.5 Å². The molecule has 0 radical (unpaired) electrons. The number of ether oxygens (including phenoxy) is 2. The van der Waals surface area contributed by atoms with Crippen molar-refractivity contribution in [2.45, 2.75) is 31.5 Å². The first-order valence-corrected chi connectivity index (χ1v) is 6.59. The highest BCUT2D eigenvalue weighted by atomic mass is 16.7. The summed E-state index contributed by atoms with van der Waals surface area (Å²) < 4.78 is 11.5. The molecule has 3 heteroatoms. The first kappa shape index (κ1) is 11.8. The molecule has 3 nitrogen and oxygen atoms in total. The highest BCUT2D eigenvalue weighted by Crippen LogP contribution is 2.38. The lowest BCUT2D eigenvalue weighted by Crippen LogP contribution is -2.33. The monoisotopic (exact) mass is 245 g/mol. The van der Waals surface area contributed by atoms with E-state index in [-0.39, 0.29) is 5.79 Å². The van der Waals surface area contributed by atoms with Gasteiger partial charge < -0.3 is 15.2 Å². The van der Waals surface area contributed by atoms with E-state index in [9.17, 15) is 0 Å². The van der Waals surface area contributed by atoms with E-state index in [2.05, 4.69) is 18.2 Å². The van der Waals surface area contributed by atoms with Crippen LogP contribution in [0.2, 0.25) is 0 Å². The molecule has 2 aliphatic rings. The largest absolute Gasteiger partial charge is 0.399 e. The zero-order chi connectivity index (χ0) is 12.4. The highest BCUT2D eigenvalue weighted by molar-refractivity contribution is 5.56. The Kier molecular flexibility index (Phi) is 3.10. The molecule has 0 atom stereocenters. The van der Waals surface area contributed by atoms with Crippen LogP contribution in [0.15, 0.2) is 29.8 Å². The summed E-state index contributed by atoms with van der Waals surface area (Å²) in [6.07, 6.45) is 6.34. The van der Waals surface area contributed by atoms with Gasteiger partial charge in [-0.3, -0.25) is 0 Å². The third kappa shape index (κ3) is 2.42. The van der Waals surface area contributed by atoms with Crippen LogP contribution in [0.4, 0.5) is 5.69 Å². The van der Waals surface area contributed by atoms with Gasteiger partial charge in [-0.1, -0.05) is 23.8 Å². The zero-order valence-corrected chi connectivity index (χ0v) is 10.5. The van der Waals surface area contributed by atoms with Crippen molar-refractivity contribution in [1.29, 1.82) is 0 Å². The Hall–Kier alpha value is -1.32. The van der Waals surface area contributed by atoms with Crippen LogP contribution in [0.3, 0.4) is 0 Å². The molecule has 96 valence electrons. The highest BCUT2D eigenvalue weighted by Gasteiger charge is 2.38. The second-order valence-corrected chi connectivity index (χ2v) is 5.08. The van der Waals surface area contributed by atoms with E-state index in [1.807, 2.05) is 12.1 Å². The van der Waals surface area contributed by atoms with Gasteiger partial charge in [-0.2, -0.15) is 0 Å². The average Bonchev–Trinajstić information content (AvgIpc) is 2.84. The van der Waals surface area contributed by atoms with Crippen LogP contribution < -0.4 is 5.73 Å². The standard InChI is InChI=1S/C15H19NO2/c16-14-3-1-12(2-4-14)11-13-5-7-15(8-6-13)17-9-10-18-15/h1-4,11H,5-10,16H2. The summed E-state index contributed by atoms with van der Waals surface area (Å²) in [5.74, 6) is -0.265. The predicted octanol–water partition coefficient (Wildman–Crippen LogP) is 2.97. The SMILES string of the molecule is Nc1ccc(C=C2CCC3(CC2)OCCO3)cc1. The molecule has 0 aromatic heterocycles. The summed E-state index contributed by atoms with van der Waals surface area (Å²) in [4.78, 5) is 0. The van der Waals surface area contributed by atoms with Crippen LogP contribution in [-0.4, -0.2) is 19.0 Å². The molecule has 2 N–H and O–H groups in total. The summed E-state index contributed by atoms with van der Waals surface area (Å²) in [5.41, 5.74) is 9.20. The molecule has 0 amide bonds. The van der Waals surface area contributed by atoms with Crippen molar-refractivity contribution in [3.63, 3.8) is 0 Å². The fraction of sp³-hybridized carbons (Fsp3) is 0.467. The minimum absolute atomic E-state index is 0.265. The van der Waals surface area contributed by atoms with Crippen LogP contribution >= 0.6 is 0 Å². The minimum Gasteiger partial charge on any atom is -0.399 e. The van der Waals surface area contributed by atoms with Gasteiger partial charge in [0.25, 0.3) is 0 Å². The number of nitrogens with two attached hydrogens (primary N) is 1. The van der Waals surface area contributed by atoms with E-state index in [0.717, 1.165) is 44.6 Å². The molecule has 1 aliphatic heterocycles. The van der Waals surface area contributed by atoms with Crippen LogP contribution in [0.5, 0.6) is 0 Å². The van der Waals surface area contributed by atoms with Gasteiger partial charge in [0, 0.05) is 18.5 Å². The second kappa shape index (κ2) is 4.75. The van der Waals surface area contributed by atoms with Crippen LogP contribution in [-0.2, 0) is 9.47 Å². The maximum absolute atomic E-state index is 5.73. The molecule has 2 fully saturated rings. The molecule has 1 saturated carbocycles. The molecule has 18 heavy (non-hydrogen) atoms. The van der Waals surface area contributed by atoms with Gasteiger partial charge in [0.2, 0.25) is 0 Å². The van der Waals surface area contributed by atoms with E-state index in [0.29, 0.717) is 0 Å². The maximum Gasteiger partial charge on any atom is 0.169 e. The number of nitrogen functional groups attached to an aromatic ring is 1. The number of benzene rings is 1. The molecule has 1 spiro atoms. The molecule has 3 rings (SSSR count). The third-order valence-electron chi connectivity index (χ3n) is 3.77. The quantitative estimate of drug-likeness (QED) is 0.774. The van der Waals surface area contributed by atoms with Crippen molar-refractivity contribution in [3.8, 4) is 0 Å². The minimum atomic E-state index is -0.265. The van der Waals surface area contributed by atoms with Gasteiger partial charge in [-0.25, -0.2) is 0 Å². The summed E-state index contributed by atoms with van der Waals surface area (Å²) in [6, 6.07) is 8.02. The fourth-order valence-electron chi connectivity index (χ4n) is 2.71. The molecule has 0 unspecified atom stereocenters. The lowest BCUT2D eigenvalue weighted by Gasteiger charge is -2.32. The van der Waals surface area contributed by atoms with Gasteiger partial charge in [-0.15, -0.1) is 0 Å². The van der Waals surface area contributed by atoms with E-state index >= 15 is 0 Å². The maximum atomic E-state index is 5.73. The number of hydrogen-bond donors (Lipinski definition) is 1. The third-order valence-corrected chi connectivity index (χ3v) is 3.77. The van der Waals surface area contributed by atoms with Gasteiger partial charge in [0.05, 0.1) is 13.2 Å². The van der Waals surface area contributed by atoms with E-state index in [1.54, 1.807) is 0 Å². The number of allylic oxidation sites excluding steroid dienone is 1. The Bertz CT molecular complexity index is 432. The summed E-state index contributed by atoms with van der Waals surface area (Å²) in [7, 11) is 0. The summed E-state index contributed by atoms with van der Waals surface area (Å²) in [6.45, 7) is 1.49. The van der Waals surface area contributed by atoms with Crippen molar-refractivity contribution < 1.29 is 9.47 Å². The van der Waals surface area contributed by atoms with E-state index in [1.165, 1.54) is 11.1 Å². The van der Waals surface area contributed by atoms with Crippen LogP contribution in [0.25, 0.3) is 6.08 Å². The summed E-state index contributed by atoms with van der Waals surface area (Å²) >= 11 is 0. The van der Waals surface area contributed by atoms with E-state index < -0.39 is 0 Å². The van der Waals surface area contributed by atoms with Crippen LogP contribution in [0, 0.1) is 0 Å². The van der Waals surface area contributed by atoms with Gasteiger partial charge in [-0.05, 0) is 30.5 Å². The average molecular weight is 245 g/mol.